The fourth-order valence-electron chi connectivity index (χ4n) is 4.31. The van der Waals surface area contributed by atoms with E-state index in [1.54, 1.807) is 0 Å². The molecule has 1 aliphatic carbocycles. The first-order valence-electron chi connectivity index (χ1n) is 13.0. The maximum atomic E-state index is 11.9. The molecule has 0 aliphatic heterocycles. The van der Waals surface area contributed by atoms with Crippen LogP contribution in [-0.2, 0) is 4.79 Å². The summed E-state index contributed by atoms with van der Waals surface area (Å²) in [4.78, 5) is 11.9. The molecule has 0 fully saturated rings. The molecule has 1 aliphatic rings. The Morgan fingerprint density at radius 3 is 1.74 bits per heavy atom. The Hall–Kier alpha value is -0.970. The molecule has 3 unspecified atom stereocenters. The normalized spacial score (nSPS) is 23.8. The highest BCUT2D eigenvalue weighted by Gasteiger charge is 2.46. The van der Waals surface area contributed by atoms with Gasteiger partial charge in [-0.1, -0.05) is 103 Å². The molecule has 4 nitrogen and oxygen atoms in total. The van der Waals surface area contributed by atoms with Gasteiger partial charge in [-0.3, -0.25) is 4.79 Å². The topological polar surface area (TPSA) is 77.8 Å². The Morgan fingerprint density at radius 2 is 1.23 bits per heavy atom. The third-order valence-corrected chi connectivity index (χ3v) is 6.50. The summed E-state index contributed by atoms with van der Waals surface area (Å²) in [5, 5.41) is 30.0. The summed E-state index contributed by atoms with van der Waals surface area (Å²) >= 11 is 0. The van der Waals surface area contributed by atoms with Crippen molar-refractivity contribution in [2.24, 2.45) is 0 Å². The molecule has 3 N–H and O–H groups in total. The summed E-state index contributed by atoms with van der Waals surface area (Å²) < 4.78 is 0. The van der Waals surface area contributed by atoms with Crippen LogP contribution in [0.5, 0.6) is 0 Å². The summed E-state index contributed by atoms with van der Waals surface area (Å²) in [5.74, 6) is -0.498. The van der Waals surface area contributed by atoms with E-state index in [9.17, 15) is 20.1 Å². The van der Waals surface area contributed by atoms with Crippen LogP contribution in [0.4, 0.5) is 0 Å². The molecule has 0 spiro atoms. The van der Waals surface area contributed by atoms with Crippen molar-refractivity contribution in [3.63, 3.8) is 0 Å². The fourth-order valence-corrected chi connectivity index (χ4v) is 4.31. The summed E-state index contributed by atoms with van der Waals surface area (Å²) in [6.45, 7) is 2.26. The van der Waals surface area contributed by atoms with Gasteiger partial charge in [0.25, 0.3) is 0 Å². The van der Waals surface area contributed by atoms with E-state index >= 15 is 0 Å². The van der Waals surface area contributed by atoms with Gasteiger partial charge in [-0.15, -0.1) is 0 Å². The molecule has 0 aromatic rings. The lowest BCUT2D eigenvalue weighted by Gasteiger charge is -2.35. The van der Waals surface area contributed by atoms with Gasteiger partial charge < -0.3 is 15.3 Å². The molecule has 1 rings (SSSR count). The van der Waals surface area contributed by atoms with Crippen molar-refractivity contribution in [1.82, 2.24) is 0 Å². The Morgan fingerprint density at radius 1 is 0.774 bits per heavy atom. The van der Waals surface area contributed by atoms with Crippen LogP contribution in [0.15, 0.2) is 24.3 Å². The predicted octanol–water partition coefficient (Wildman–Crippen LogP) is 6.18. The van der Waals surface area contributed by atoms with Crippen LogP contribution in [0.1, 0.15) is 122 Å². The highest BCUT2D eigenvalue weighted by Crippen LogP contribution is 2.27. The smallest absolute Gasteiger partial charge is 0.189 e. The zero-order valence-electron chi connectivity index (χ0n) is 19.9. The lowest BCUT2D eigenvalue weighted by molar-refractivity contribution is -0.158. The standard InChI is InChI=1S/C27H48O4/c1-2-3-4-5-6-7-8-9-10-11-12-13-14-15-16-17-18-19-20-23-27(31)25(29)22-21-24(28)26(27)30/h9-10,21-22,24,26,28,30-31H,2-8,11-20,23H2,1H3. The molecule has 3 atom stereocenters. The zero-order chi connectivity index (χ0) is 22.8. The van der Waals surface area contributed by atoms with Crippen LogP contribution >= 0.6 is 0 Å². The number of aliphatic hydroxyl groups is 3. The zero-order valence-corrected chi connectivity index (χ0v) is 19.9. The van der Waals surface area contributed by atoms with Crippen molar-refractivity contribution >= 4 is 5.78 Å². The van der Waals surface area contributed by atoms with E-state index in [-0.39, 0.29) is 6.42 Å². The number of carbonyl (C=O) groups excluding carboxylic acids is 1. The molecule has 4 heteroatoms. The van der Waals surface area contributed by atoms with Gasteiger partial charge in [0.1, 0.15) is 12.2 Å². The van der Waals surface area contributed by atoms with Crippen molar-refractivity contribution in [2.75, 3.05) is 0 Å². The van der Waals surface area contributed by atoms with E-state index in [1.807, 2.05) is 0 Å². The molecule has 0 radical (unpaired) electrons. The van der Waals surface area contributed by atoms with Gasteiger partial charge in [-0.25, -0.2) is 0 Å². The molecular weight excluding hydrogens is 388 g/mol. The number of ketones is 1. The van der Waals surface area contributed by atoms with E-state index in [1.165, 1.54) is 102 Å². The third kappa shape index (κ3) is 12.0. The Labute approximate surface area is 190 Å². The van der Waals surface area contributed by atoms with Gasteiger partial charge >= 0.3 is 0 Å². The lowest BCUT2D eigenvalue weighted by Crippen LogP contribution is -2.56. The number of rotatable bonds is 19. The number of unbranched alkanes of at least 4 members (excludes halogenated alkanes) is 15. The molecule has 0 aromatic heterocycles. The molecule has 0 heterocycles. The maximum Gasteiger partial charge on any atom is 0.189 e. The minimum absolute atomic E-state index is 0.209. The average Bonchev–Trinajstić information content (AvgIpc) is 2.77. The van der Waals surface area contributed by atoms with Gasteiger partial charge in [0.05, 0.1) is 0 Å². The molecule has 0 bridgehead atoms. The van der Waals surface area contributed by atoms with Crippen LogP contribution < -0.4 is 0 Å². The van der Waals surface area contributed by atoms with Crippen LogP contribution in [0, 0.1) is 0 Å². The first-order valence-corrected chi connectivity index (χ1v) is 13.0. The molecule has 180 valence electrons. The second kappa shape index (κ2) is 17.6. The van der Waals surface area contributed by atoms with Crippen LogP contribution in [0.25, 0.3) is 0 Å². The summed E-state index contributed by atoms with van der Waals surface area (Å²) in [7, 11) is 0. The second-order valence-corrected chi connectivity index (χ2v) is 9.33. The fraction of sp³-hybridized carbons (Fsp3) is 0.815. The number of allylic oxidation sites excluding steroid dienone is 2. The van der Waals surface area contributed by atoms with Crippen molar-refractivity contribution in [2.45, 2.75) is 140 Å². The minimum atomic E-state index is -1.82. The summed E-state index contributed by atoms with van der Waals surface area (Å²) in [6.07, 6.45) is 25.8. The van der Waals surface area contributed by atoms with Crippen LogP contribution in [-0.4, -0.2) is 38.9 Å². The van der Waals surface area contributed by atoms with Crippen molar-refractivity contribution < 1.29 is 20.1 Å². The first-order chi connectivity index (χ1) is 15.0. The average molecular weight is 437 g/mol. The maximum absolute atomic E-state index is 11.9. The SMILES string of the molecule is CCCCCCCCC=CCCCCCCCCCCCC1(O)C(=O)C=CC(O)C1O. The molecule has 0 saturated carbocycles. The van der Waals surface area contributed by atoms with E-state index in [4.69, 9.17) is 0 Å². The van der Waals surface area contributed by atoms with Crippen LogP contribution in [0.3, 0.4) is 0 Å². The molecule has 31 heavy (non-hydrogen) atoms. The van der Waals surface area contributed by atoms with Crippen LogP contribution in [0.2, 0.25) is 0 Å². The first kappa shape index (κ1) is 28.1. The van der Waals surface area contributed by atoms with Gasteiger partial charge in [0, 0.05) is 0 Å². The number of hydrogen-bond donors (Lipinski definition) is 3. The monoisotopic (exact) mass is 436 g/mol. The molecular formula is C27H48O4. The van der Waals surface area contributed by atoms with Gasteiger partial charge in [-0.2, -0.15) is 0 Å². The Kier molecular flexibility index (Phi) is 15.9. The van der Waals surface area contributed by atoms with Gasteiger partial charge in [0.2, 0.25) is 0 Å². The Bertz CT molecular complexity index is 513. The largest absolute Gasteiger partial charge is 0.387 e. The second-order valence-electron chi connectivity index (χ2n) is 9.33. The van der Waals surface area contributed by atoms with E-state index in [0.29, 0.717) is 6.42 Å². The quantitative estimate of drug-likeness (QED) is 0.167. The summed E-state index contributed by atoms with van der Waals surface area (Å²) in [6, 6.07) is 0. The molecule has 0 saturated heterocycles. The van der Waals surface area contributed by atoms with Gasteiger partial charge in [0.15, 0.2) is 11.4 Å². The van der Waals surface area contributed by atoms with E-state index < -0.39 is 23.6 Å². The predicted molar refractivity (Wildman–Crippen MR) is 129 cm³/mol. The van der Waals surface area contributed by atoms with Crippen molar-refractivity contribution in [3.8, 4) is 0 Å². The number of hydrogen-bond acceptors (Lipinski definition) is 4. The Balaban J connectivity index is 1.87. The van der Waals surface area contributed by atoms with E-state index in [0.717, 1.165) is 12.8 Å². The number of carbonyl (C=O) groups is 1. The molecule has 0 aromatic carbocycles. The number of aliphatic hydroxyl groups excluding tert-OH is 2. The highest BCUT2D eigenvalue weighted by molar-refractivity contribution is 5.98. The molecule has 0 amide bonds. The highest BCUT2D eigenvalue weighted by atomic mass is 16.4. The van der Waals surface area contributed by atoms with Gasteiger partial charge in [-0.05, 0) is 44.3 Å². The van der Waals surface area contributed by atoms with E-state index in [2.05, 4.69) is 19.1 Å². The van der Waals surface area contributed by atoms with Crippen molar-refractivity contribution in [1.29, 1.82) is 0 Å². The summed E-state index contributed by atoms with van der Waals surface area (Å²) in [5.41, 5.74) is -1.82. The lowest BCUT2D eigenvalue weighted by atomic mass is 9.80. The minimum Gasteiger partial charge on any atom is -0.387 e. The van der Waals surface area contributed by atoms with Crippen molar-refractivity contribution in [3.05, 3.63) is 24.3 Å². The third-order valence-electron chi connectivity index (χ3n) is 6.50.